The lowest BCUT2D eigenvalue weighted by molar-refractivity contribution is -0.213. The molecule has 7 saturated carbocycles. The van der Waals surface area contributed by atoms with Gasteiger partial charge < -0.3 is 0 Å². The molecule has 0 aromatic carbocycles. The third kappa shape index (κ3) is 0.275. The highest BCUT2D eigenvalue weighted by Crippen LogP contribution is 3.00. The molecule has 7 aliphatic rings. The molecule has 68 valence electrons. The Morgan fingerprint density at radius 3 is 2.69 bits per heavy atom. The van der Waals surface area contributed by atoms with Crippen molar-refractivity contribution in [3.05, 3.63) is 0 Å². The summed E-state index contributed by atoms with van der Waals surface area (Å²) < 4.78 is 0. The van der Waals surface area contributed by atoms with Crippen LogP contribution in [-0.4, -0.2) is 0 Å². The molecule has 7 fully saturated rings. The quantitative estimate of drug-likeness (QED) is 0.527. The fourth-order valence-corrected chi connectivity index (χ4v) is 8.40. The van der Waals surface area contributed by atoms with Gasteiger partial charge in [-0.05, 0) is 78.4 Å². The smallest absolute Gasteiger partial charge is 0.0173 e. The van der Waals surface area contributed by atoms with Gasteiger partial charge in [-0.15, -0.1) is 0 Å². The van der Waals surface area contributed by atoms with Crippen LogP contribution in [0.3, 0.4) is 0 Å². The molecule has 7 aliphatic carbocycles. The summed E-state index contributed by atoms with van der Waals surface area (Å²) in [6, 6.07) is 0. The van der Waals surface area contributed by atoms with Crippen LogP contribution >= 0.6 is 0 Å². The molecule has 0 aliphatic heterocycles. The van der Waals surface area contributed by atoms with Crippen LogP contribution in [0, 0.1) is 39.9 Å². The van der Waals surface area contributed by atoms with Crippen LogP contribution in [0.1, 0.15) is 38.5 Å². The molecular formula is C13H16. The Hall–Kier alpha value is 0. The average molecular weight is 172 g/mol. The summed E-state index contributed by atoms with van der Waals surface area (Å²) in [7, 11) is 0. The van der Waals surface area contributed by atoms with E-state index < -0.39 is 0 Å². The van der Waals surface area contributed by atoms with Gasteiger partial charge in [0, 0.05) is 0 Å². The topological polar surface area (TPSA) is 0 Å². The Balaban J connectivity index is 1.88. The molecule has 0 heteroatoms. The summed E-state index contributed by atoms with van der Waals surface area (Å²) in [5.41, 5.74) is 2.93. The lowest BCUT2D eigenvalue weighted by Gasteiger charge is -2.69. The van der Waals surface area contributed by atoms with Gasteiger partial charge in [-0.25, -0.2) is 0 Å². The predicted octanol–water partition coefficient (Wildman–Crippen LogP) is 2.83. The van der Waals surface area contributed by atoms with Crippen LogP contribution in [0.4, 0.5) is 0 Å². The van der Waals surface area contributed by atoms with Gasteiger partial charge in [0.05, 0.1) is 0 Å². The Labute approximate surface area is 79.1 Å². The van der Waals surface area contributed by atoms with E-state index in [2.05, 4.69) is 0 Å². The highest BCUT2D eigenvalue weighted by atomic mass is 15.0. The molecule has 0 saturated heterocycles. The lowest BCUT2D eigenvalue weighted by Crippen LogP contribution is -2.63. The highest BCUT2D eigenvalue weighted by molar-refractivity contribution is 5.41. The van der Waals surface area contributed by atoms with E-state index in [1.807, 2.05) is 0 Å². The zero-order chi connectivity index (χ0) is 8.05. The molecule has 0 N–H and O–H groups in total. The molecule has 0 radical (unpaired) electrons. The molecule has 0 aromatic heterocycles. The van der Waals surface area contributed by atoms with Crippen LogP contribution in [-0.2, 0) is 0 Å². The first kappa shape index (κ1) is 5.78. The normalized spacial score (nSPS) is 88.6. The van der Waals surface area contributed by atoms with Crippen molar-refractivity contribution in [1.82, 2.24) is 0 Å². The summed E-state index contributed by atoms with van der Waals surface area (Å²) in [4.78, 5) is 0. The van der Waals surface area contributed by atoms with E-state index in [4.69, 9.17) is 0 Å². The Kier molecular flexibility index (Phi) is 0.498. The molecule has 0 aromatic rings. The minimum Gasteiger partial charge on any atom is -0.0465 e. The largest absolute Gasteiger partial charge is 0.0465 e. The molecule has 7 unspecified atom stereocenters. The van der Waals surface area contributed by atoms with Crippen LogP contribution in [0.15, 0.2) is 0 Å². The van der Waals surface area contributed by atoms with Gasteiger partial charge in [0.2, 0.25) is 0 Å². The van der Waals surface area contributed by atoms with Gasteiger partial charge in [0.25, 0.3) is 0 Å². The van der Waals surface area contributed by atoms with Crippen molar-refractivity contribution in [1.29, 1.82) is 0 Å². The summed E-state index contributed by atoms with van der Waals surface area (Å²) in [6.07, 6.45) is 10.2. The monoisotopic (exact) mass is 172 g/mol. The predicted molar refractivity (Wildman–Crippen MR) is 49.0 cm³/mol. The molecule has 7 atom stereocenters. The molecule has 2 spiro atoms. The van der Waals surface area contributed by atoms with Crippen LogP contribution in [0.2, 0.25) is 0 Å². The van der Waals surface area contributed by atoms with E-state index >= 15 is 0 Å². The van der Waals surface area contributed by atoms with Gasteiger partial charge in [-0.2, -0.15) is 0 Å². The number of hydrogen-bond donors (Lipinski definition) is 0. The minimum absolute atomic E-state index is 0.959. The molecular weight excluding hydrogens is 156 g/mol. The standard InChI is InChI=1S/C13H16/c1-7-2-12-4-10-8(1)11(5-12)3-9(7)13(10,12)6-11/h7-10H,1-6H2. The van der Waals surface area contributed by atoms with Crippen LogP contribution < -0.4 is 0 Å². The van der Waals surface area contributed by atoms with Gasteiger partial charge in [0.15, 0.2) is 0 Å². The molecule has 0 heterocycles. The van der Waals surface area contributed by atoms with Gasteiger partial charge in [0.1, 0.15) is 0 Å². The van der Waals surface area contributed by atoms with Crippen LogP contribution in [0.5, 0.6) is 0 Å². The molecule has 5 bridgehead atoms. The van der Waals surface area contributed by atoms with Crippen molar-refractivity contribution in [2.75, 3.05) is 0 Å². The first-order valence-corrected chi connectivity index (χ1v) is 6.30. The van der Waals surface area contributed by atoms with Crippen molar-refractivity contribution in [3.63, 3.8) is 0 Å². The maximum atomic E-state index is 1.72. The second kappa shape index (κ2) is 1.12. The lowest BCUT2D eigenvalue weighted by atomic mass is 9.35. The van der Waals surface area contributed by atoms with Crippen molar-refractivity contribution in [2.45, 2.75) is 38.5 Å². The molecule has 7 rings (SSSR count). The van der Waals surface area contributed by atoms with E-state index in [1.165, 1.54) is 23.7 Å². The minimum atomic E-state index is 0.959. The first-order valence-electron chi connectivity index (χ1n) is 6.30. The summed E-state index contributed by atoms with van der Waals surface area (Å²) in [5, 5.41) is 0. The summed E-state index contributed by atoms with van der Waals surface area (Å²) in [6.45, 7) is 0. The average Bonchev–Trinajstić information content (AvgIpc) is 2.47. The zero-order valence-corrected chi connectivity index (χ0v) is 8.05. The molecule has 0 nitrogen and oxygen atoms in total. The van der Waals surface area contributed by atoms with E-state index in [1.54, 1.807) is 38.5 Å². The maximum Gasteiger partial charge on any atom is -0.0173 e. The fraction of sp³-hybridized carbons (Fsp3) is 1.00. The van der Waals surface area contributed by atoms with E-state index in [0.717, 1.165) is 16.2 Å². The molecule has 0 amide bonds. The fourth-order valence-electron chi connectivity index (χ4n) is 8.40. The van der Waals surface area contributed by atoms with E-state index in [9.17, 15) is 0 Å². The van der Waals surface area contributed by atoms with E-state index in [0.29, 0.717) is 0 Å². The third-order valence-electron chi connectivity index (χ3n) is 7.93. The zero-order valence-electron chi connectivity index (χ0n) is 8.05. The summed E-state index contributed by atoms with van der Waals surface area (Å²) >= 11 is 0. The molecule has 13 heavy (non-hydrogen) atoms. The second-order valence-corrected chi connectivity index (χ2v) is 7.46. The van der Waals surface area contributed by atoms with Crippen LogP contribution in [0.25, 0.3) is 0 Å². The van der Waals surface area contributed by atoms with Crippen molar-refractivity contribution in [3.8, 4) is 0 Å². The third-order valence-corrected chi connectivity index (χ3v) is 7.93. The van der Waals surface area contributed by atoms with Gasteiger partial charge >= 0.3 is 0 Å². The number of hydrogen-bond acceptors (Lipinski definition) is 0. The van der Waals surface area contributed by atoms with Crippen molar-refractivity contribution < 1.29 is 0 Å². The van der Waals surface area contributed by atoms with E-state index in [-0.39, 0.29) is 0 Å². The Morgan fingerprint density at radius 2 is 1.85 bits per heavy atom. The van der Waals surface area contributed by atoms with Crippen molar-refractivity contribution in [2.24, 2.45) is 39.9 Å². The van der Waals surface area contributed by atoms with Crippen molar-refractivity contribution >= 4 is 0 Å². The Morgan fingerprint density at radius 1 is 0.846 bits per heavy atom. The highest BCUT2D eigenvalue weighted by Gasteiger charge is 2.92. The number of rotatable bonds is 0. The SMILES string of the molecule is C1C2CC34CC5C1C1(CC2C53C1)C4. The van der Waals surface area contributed by atoms with Gasteiger partial charge in [-0.3, -0.25) is 0 Å². The maximum absolute atomic E-state index is 1.72. The first-order chi connectivity index (χ1) is 6.30. The Bertz CT molecular complexity index is 368. The summed E-state index contributed by atoms with van der Waals surface area (Å²) in [5.74, 6) is 4.98. The van der Waals surface area contributed by atoms with Gasteiger partial charge in [-0.1, -0.05) is 0 Å². The second-order valence-electron chi connectivity index (χ2n) is 7.46.